The average Bonchev–Trinajstić information content (AvgIpc) is 3.26. The lowest BCUT2D eigenvalue weighted by Crippen LogP contribution is -2.36. The van der Waals surface area contributed by atoms with E-state index in [1.165, 1.54) is 30.4 Å². The number of esters is 1. The molecule has 0 radical (unpaired) electrons. The molecule has 162 valence electrons. The van der Waals surface area contributed by atoms with E-state index in [-0.39, 0.29) is 27.1 Å². The molecule has 1 N–H and O–H groups in total. The van der Waals surface area contributed by atoms with Crippen LogP contribution >= 0.6 is 34.5 Å². The summed E-state index contributed by atoms with van der Waals surface area (Å²) in [6, 6.07) is 5.92. The number of fused-ring (bicyclic) bond motifs is 1. The normalized spacial score (nSPS) is 12.7. The van der Waals surface area contributed by atoms with Gasteiger partial charge in [0, 0.05) is 18.3 Å². The number of ketones is 1. The van der Waals surface area contributed by atoms with Gasteiger partial charge in [0.2, 0.25) is 11.7 Å². The predicted octanol–water partition coefficient (Wildman–Crippen LogP) is 2.76. The minimum absolute atomic E-state index is 0.0497. The number of nitrogens with one attached hydrogen (secondary N) is 1. The van der Waals surface area contributed by atoms with Crippen molar-refractivity contribution in [2.75, 3.05) is 19.7 Å². The number of nitrogens with zero attached hydrogens (tertiary/aromatic N) is 1. The van der Waals surface area contributed by atoms with Gasteiger partial charge in [0.1, 0.15) is 6.54 Å². The Morgan fingerprint density at radius 3 is 2.26 bits per heavy atom. The van der Waals surface area contributed by atoms with Gasteiger partial charge < -0.3 is 10.1 Å². The first-order chi connectivity index (χ1) is 14.7. The van der Waals surface area contributed by atoms with Gasteiger partial charge in [-0.1, -0.05) is 23.2 Å². The Morgan fingerprint density at radius 2 is 1.68 bits per heavy atom. The zero-order valence-electron chi connectivity index (χ0n) is 16.2. The fraction of sp³-hybridized carbons (Fsp3) is 0.250. The summed E-state index contributed by atoms with van der Waals surface area (Å²) in [7, 11) is 0. The highest BCUT2D eigenvalue weighted by Gasteiger charge is 2.37. The Balaban J connectivity index is 1.53. The van der Waals surface area contributed by atoms with Crippen LogP contribution in [0.25, 0.3) is 0 Å². The van der Waals surface area contributed by atoms with E-state index in [2.05, 4.69) is 5.32 Å². The van der Waals surface area contributed by atoms with E-state index in [0.29, 0.717) is 17.8 Å². The van der Waals surface area contributed by atoms with Gasteiger partial charge in [-0.3, -0.25) is 28.9 Å². The minimum Gasteiger partial charge on any atom is -0.456 e. The molecule has 0 bridgehead atoms. The second-order valence-corrected chi connectivity index (χ2v) is 8.57. The molecule has 1 aliphatic rings. The molecule has 1 aromatic heterocycles. The Labute approximate surface area is 191 Å². The maximum Gasteiger partial charge on any atom is 0.326 e. The number of rotatable bonds is 8. The monoisotopic (exact) mass is 482 g/mol. The first-order valence-corrected chi connectivity index (χ1v) is 10.6. The van der Waals surface area contributed by atoms with E-state index in [0.717, 1.165) is 9.78 Å². The lowest BCUT2D eigenvalue weighted by atomic mass is 10.1. The SMILES string of the molecule is CC(=O)NCCc1ccc(C(=O)COC(=O)CN2C(=O)c3cc(Cl)c(Cl)cc3C2=O)s1. The van der Waals surface area contributed by atoms with Crippen LogP contribution in [-0.4, -0.2) is 54.1 Å². The summed E-state index contributed by atoms with van der Waals surface area (Å²) < 4.78 is 4.95. The summed E-state index contributed by atoms with van der Waals surface area (Å²) in [5.41, 5.74) is 0.0994. The lowest BCUT2D eigenvalue weighted by molar-refractivity contribution is -0.142. The summed E-state index contributed by atoms with van der Waals surface area (Å²) in [5.74, 6) is -2.83. The first-order valence-electron chi connectivity index (χ1n) is 9.04. The van der Waals surface area contributed by atoms with Gasteiger partial charge in [-0.05, 0) is 30.7 Å². The molecular formula is C20H16Cl2N2O6S. The first kappa shape index (κ1) is 22.9. The molecule has 0 unspecified atom stereocenters. The zero-order chi connectivity index (χ0) is 22.7. The van der Waals surface area contributed by atoms with Gasteiger partial charge in [0.05, 0.1) is 26.0 Å². The quantitative estimate of drug-likeness (QED) is 0.351. The highest BCUT2D eigenvalue weighted by atomic mass is 35.5. The van der Waals surface area contributed by atoms with Crippen LogP contribution in [0.5, 0.6) is 0 Å². The summed E-state index contributed by atoms with van der Waals surface area (Å²) >= 11 is 13.0. The number of imide groups is 1. The number of halogens is 2. The van der Waals surface area contributed by atoms with Gasteiger partial charge >= 0.3 is 5.97 Å². The van der Waals surface area contributed by atoms with E-state index in [4.69, 9.17) is 27.9 Å². The third kappa shape index (κ3) is 5.30. The van der Waals surface area contributed by atoms with Crippen LogP contribution in [0.3, 0.4) is 0 Å². The third-order valence-electron chi connectivity index (χ3n) is 4.34. The molecule has 3 rings (SSSR count). The minimum atomic E-state index is -0.900. The molecule has 3 amide bonds. The van der Waals surface area contributed by atoms with Crippen LogP contribution in [0, 0.1) is 0 Å². The van der Waals surface area contributed by atoms with Crippen LogP contribution in [-0.2, 0) is 20.7 Å². The number of benzene rings is 1. The summed E-state index contributed by atoms with van der Waals surface area (Å²) in [4.78, 5) is 62.1. The molecule has 2 aromatic rings. The van der Waals surface area contributed by atoms with Crippen molar-refractivity contribution in [3.63, 3.8) is 0 Å². The number of carbonyl (C=O) groups excluding carboxylic acids is 5. The highest BCUT2D eigenvalue weighted by molar-refractivity contribution is 7.14. The van der Waals surface area contributed by atoms with Crippen LogP contribution in [0.2, 0.25) is 10.0 Å². The fourth-order valence-corrected chi connectivity index (χ4v) is 4.10. The van der Waals surface area contributed by atoms with Crippen LogP contribution < -0.4 is 5.32 Å². The summed E-state index contributed by atoms with van der Waals surface area (Å²) in [5, 5.41) is 2.90. The van der Waals surface area contributed by atoms with Crippen LogP contribution in [0.4, 0.5) is 0 Å². The Hall–Kier alpha value is -2.75. The maximum absolute atomic E-state index is 12.4. The van der Waals surface area contributed by atoms with Crippen molar-refractivity contribution in [3.8, 4) is 0 Å². The van der Waals surface area contributed by atoms with E-state index >= 15 is 0 Å². The highest BCUT2D eigenvalue weighted by Crippen LogP contribution is 2.31. The molecule has 0 atom stereocenters. The summed E-state index contributed by atoms with van der Waals surface area (Å²) in [6.45, 7) is 0.714. The fourth-order valence-electron chi connectivity index (χ4n) is 2.84. The molecule has 1 aliphatic heterocycles. The van der Waals surface area contributed by atoms with Crippen LogP contribution in [0.15, 0.2) is 24.3 Å². The second kappa shape index (κ2) is 9.59. The van der Waals surface area contributed by atoms with Crippen molar-refractivity contribution in [2.24, 2.45) is 0 Å². The van der Waals surface area contributed by atoms with Crippen molar-refractivity contribution in [3.05, 3.63) is 55.2 Å². The number of ether oxygens (including phenoxy) is 1. The maximum atomic E-state index is 12.4. The number of carbonyl (C=O) groups is 5. The van der Waals surface area contributed by atoms with Crippen molar-refractivity contribution in [1.29, 1.82) is 0 Å². The molecule has 1 aromatic carbocycles. The Morgan fingerprint density at radius 1 is 1.06 bits per heavy atom. The number of hydrogen-bond acceptors (Lipinski definition) is 7. The topological polar surface area (TPSA) is 110 Å². The Kier molecular flexibility index (Phi) is 7.09. The zero-order valence-corrected chi connectivity index (χ0v) is 18.5. The molecule has 0 saturated heterocycles. The Bertz CT molecular complexity index is 1060. The average molecular weight is 483 g/mol. The van der Waals surface area contributed by atoms with Gasteiger partial charge in [-0.25, -0.2) is 0 Å². The number of thiophene rings is 1. The van der Waals surface area contributed by atoms with E-state index in [1.54, 1.807) is 12.1 Å². The standard InChI is InChI=1S/C20H16Cl2N2O6S/c1-10(25)23-5-4-11-2-3-17(31-11)16(26)9-30-18(27)8-24-19(28)12-6-14(21)15(22)7-13(12)20(24)29/h2-3,6-7H,4-5,8-9H2,1H3,(H,23,25). The predicted molar refractivity (Wildman–Crippen MR) is 114 cm³/mol. The molecule has 11 heteroatoms. The van der Waals surface area contributed by atoms with Crippen molar-refractivity contribution < 1.29 is 28.7 Å². The van der Waals surface area contributed by atoms with Gasteiger partial charge in [-0.15, -0.1) is 11.3 Å². The van der Waals surface area contributed by atoms with E-state index < -0.39 is 36.7 Å². The molecular weight excluding hydrogens is 467 g/mol. The van der Waals surface area contributed by atoms with Crippen molar-refractivity contribution in [2.45, 2.75) is 13.3 Å². The molecule has 0 aliphatic carbocycles. The van der Waals surface area contributed by atoms with Crippen molar-refractivity contribution in [1.82, 2.24) is 10.2 Å². The number of amides is 3. The van der Waals surface area contributed by atoms with Gasteiger partial charge in [0.15, 0.2) is 6.61 Å². The van der Waals surface area contributed by atoms with Crippen molar-refractivity contribution >= 4 is 64.0 Å². The molecule has 8 nitrogen and oxygen atoms in total. The van der Waals surface area contributed by atoms with E-state index in [9.17, 15) is 24.0 Å². The number of hydrogen-bond donors (Lipinski definition) is 1. The molecule has 31 heavy (non-hydrogen) atoms. The summed E-state index contributed by atoms with van der Waals surface area (Å²) in [6.07, 6.45) is 0.574. The smallest absolute Gasteiger partial charge is 0.326 e. The van der Waals surface area contributed by atoms with E-state index in [1.807, 2.05) is 0 Å². The third-order valence-corrected chi connectivity index (χ3v) is 6.25. The molecule has 0 spiro atoms. The van der Waals surface area contributed by atoms with Crippen LogP contribution in [0.1, 0.15) is 42.2 Å². The number of Topliss-reactive ketones (excluding diaryl/α,β-unsaturated/α-hetero) is 1. The molecule has 2 heterocycles. The lowest BCUT2D eigenvalue weighted by Gasteiger charge is -2.12. The largest absolute Gasteiger partial charge is 0.456 e. The molecule has 0 saturated carbocycles. The van der Waals surface area contributed by atoms with Gasteiger partial charge in [0.25, 0.3) is 11.8 Å². The second-order valence-electron chi connectivity index (χ2n) is 6.59. The molecule has 0 fully saturated rings. The van der Waals surface area contributed by atoms with Gasteiger partial charge in [-0.2, -0.15) is 0 Å².